The van der Waals surface area contributed by atoms with Crippen molar-refractivity contribution in [2.45, 2.75) is 38.3 Å². The van der Waals surface area contributed by atoms with Gasteiger partial charge < -0.3 is 14.6 Å². The molecule has 2 rings (SSSR count). The van der Waals surface area contributed by atoms with E-state index in [-0.39, 0.29) is 12.1 Å². The van der Waals surface area contributed by atoms with Crippen LogP contribution in [0, 0.1) is 0 Å². The molecule has 0 bridgehead atoms. The standard InChI is InChI=1S/C10H17N3O2/c1-7(11-2)10-12-9(13-15-10)6-8-4-3-5-14-8/h7-8,11H,3-6H2,1-2H3. The average Bonchev–Trinajstić information content (AvgIpc) is 2.88. The summed E-state index contributed by atoms with van der Waals surface area (Å²) in [6.45, 7) is 2.85. The van der Waals surface area contributed by atoms with Crippen molar-refractivity contribution in [3.8, 4) is 0 Å². The second-order valence-corrected chi connectivity index (χ2v) is 3.90. The zero-order valence-corrected chi connectivity index (χ0v) is 9.19. The Balaban J connectivity index is 1.94. The Morgan fingerprint density at radius 3 is 3.13 bits per heavy atom. The molecule has 1 aromatic rings. The Labute approximate surface area is 89.2 Å². The summed E-state index contributed by atoms with van der Waals surface area (Å²) in [6.07, 6.45) is 3.29. The van der Waals surface area contributed by atoms with Gasteiger partial charge in [0.15, 0.2) is 5.82 Å². The summed E-state index contributed by atoms with van der Waals surface area (Å²) in [5, 5.41) is 7.00. The summed E-state index contributed by atoms with van der Waals surface area (Å²) in [4.78, 5) is 4.32. The monoisotopic (exact) mass is 211 g/mol. The maximum atomic E-state index is 5.52. The minimum Gasteiger partial charge on any atom is -0.378 e. The molecule has 0 saturated carbocycles. The fourth-order valence-electron chi connectivity index (χ4n) is 1.66. The quantitative estimate of drug-likeness (QED) is 0.807. The molecule has 0 spiro atoms. The summed E-state index contributed by atoms with van der Waals surface area (Å²) >= 11 is 0. The highest BCUT2D eigenvalue weighted by Crippen LogP contribution is 2.16. The molecule has 1 aromatic heterocycles. The van der Waals surface area contributed by atoms with Crippen molar-refractivity contribution in [3.63, 3.8) is 0 Å². The van der Waals surface area contributed by atoms with E-state index in [1.54, 1.807) is 0 Å². The lowest BCUT2D eigenvalue weighted by atomic mass is 10.2. The number of nitrogens with one attached hydrogen (secondary N) is 1. The summed E-state index contributed by atoms with van der Waals surface area (Å²) in [5.41, 5.74) is 0. The van der Waals surface area contributed by atoms with Crippen LogP contribution < -0.4 is 5.32 Å². The summed E-state index contributed by atoms with van der Waals surface area (Å²) in [5.74, 6) is 1.39. The van der Waals surface area contributed by atoms with Crippen molar-refractivity contribution in [2.75, 3.05) is 13.7 Å². The van der Waals surface area contributed by atoms with Crippen molar-refractivity contribution in [3.05, 3.63) is 11.7 Å². The van der Waals surface area contributed by atoms with E-state index >= 15 is 0 Å². The van der Waals surface area contributed by atoms with E-state index < -0.39 is 0 Å². The maximum absolute atomic E-state index is 5.52. The van der Waals surface area contributed by atoms with E-state index in [1.807, 2.05) is 14.0 Å². The molecule has 2 unspecified atom stereocenters. The molecule has 84 valence electrons. The van der Waals surface area contributed by atoms with Crippen LogP contribution in [0.1, 0.15) is 37.5 Å². The highest BCUT2D eigenvalue weighted by atomic mass is 16.5. The van der Waals surface area contributed by atoms with E-state index in [0.717, 1.165) is 31.7 Å². The van der Waals surface area contributed by atoms with Gasteiger partial charge in [-0.15, -0.1) is 0 Å². The molecule has 1 aliphatic heterocycles. The van der Waals surface area contributed by atoms with E-state index in [1.165, 1.54) is 0 Å². The summed E-state index contributed by atoms with van der Waals surface area (Å²) in [6, 6.07) is 0.107. The first-order valence-corrected chi connectivity index (χ1v) is 5.41. The van der Waals surface area contributed by atoms with Gasteiger partial charge >= 0.3 is 0 Å². The Kier molecular flexibility index (Phi) is 3.33. The van der Waals surface area contributed by atoms with Crippen LogP contribution >= 0.6 is 0 Å². The van der Waals surface area contributed by atoms with Crippen molar-refractivity contribution >= 4 is 0 Å². The number of ether oxygens (including phenoxy) is 1. The summed E-state index contributed by atoms with van der Waals surface area (Å²) < 4.78 is 10.7. The van der Waals surface area contributed by atoms with Crippen LogP contribution in [0.5, 0.6) is 0 Å². The predicted octanol–water partition coefficient (Wildman–Crippen LogP) is 1.07. The van der Waals surface area contributed by atoms with Gasteiger partial charge in [-0.1, -0.05) is 5.16 Å². The SMILES string of the molecule is CNC(C)c1nc(CC2CCCO2)no1. The fraction of sp³-hybridized carbons (Fsp3) is 0.800. The molecular weight excluding hydrogens is 194 g/mol. The highest BCUT2D eigenvalue weighted by molar-refractivity contribution is 4.93. The largest absolute Gasteiger partial charge is 0.378 e. The van der Waals surface area contributed by atoms with Gasteiger partial charge in [0.2, 0.25) is 5.89 Å². The van der Waals surface area contributed by atoms with Crippen molar-refractivity contribution in [2.24, 2.45) is 0 Å². The van der Waals surface area contributed by atoms with E-state index in [2.05, 4.69) is 15.5 Å². The van der Waals surface area contributed by atoms with Gasteiger partial charge in [0.1, 0.15) is 0 Å². The second kappa shape index (κ2) is 4.72. The van der Waals surface area contributed by atoms with Gasteiger partial charge in [0.05, 0.1) is 12.1 Å². The van der Waals surface area contributed by atoms with Crippen LogP contribution in [0.2, 0.25) is 0 Å². The van der Waals surface area contributed by atoms with Crippen LogP contribution in [0.25, 0.3) is 0 Å². The zero-order chi connectivity index (χ0) is 10.7. The van der Waals surface area contributed by atoms with E-state index in [9.17, 15) is 0 Å². The third-order valence-electron chi connectivity index (χ3n) is 2.72. The Hall–Kier alpha value is -0.940. The van der Waals surface area contributed by atoms with Gasteiger partial charge in [-0.25, -0.2) is 0 Å². The highest BCUT2D eigenvalue weighted by Gasteiger charge is 2.20. The molecule has 1 fully saturated rings. The minimum atomic E-state index is 0.107. The van der Waals surface area contributed by atoms with Crippen LogP contribution in [0.15, 0.2) is 4.52 Å². The third kappa shape index (κ3) is 2.54. The topological polar surface area (TPSA) is 60.2 Å². The number of aromatic nitrogens is 2. The molecule has 0 radical (unpaired) electrons. The van der Waals surface area contributed by atoms with Crippen molar-refractivity contribution in [1.29, 1.82) is 0 Å². The molecule has 0 aliphatic carbocycles. The summed E-state index contributed by atoms with van der Waals surface area (Å²) in [7, 11) is 1.87. The molecule has 1 saturated heterocycles. The van der Waals surface area contributed by atoms with E-state index in [4.69, 9.17) is 9.26 Å². The first-order chi connectivity index (χ1) is 7.29. The molecule has 15 heavy (non-hydrogen) atoms. The lowest BCUT2D eigenvalue weighted by molar-refractivity contribution is 0.109. The smallest absolute Gasteiger partial charge is 0.243 e. The zero-order valence-electron chi connectivity index (χ0n) is 9.19. The molecule has 0 amide bonds. The average molecular weight is 211 g/mol. The molecular formula is C10H17N3O2. The number of hydrogen-bond donors (Lipinski definition) is 1. The van der Waals surface area contributed by atoms with Gasteiger partial charge in [0.25, 0.3) is 0 Å². The number of rotatable bonds is 4. The van der Waals surface area contributed by atoms with Gasteiger partial charge in [-0.3, -0.25) is 0 Å². The van der Waals surface area contributed by atoms with Crippen LogP contribution in [-0.4, -0.2) is 29.9 Å². The van der Waals surface area contributed by atoms with Crippen LogP contribution in [0.3, 0.4) is 0 Å². The van der Waals surface area contributed by atoms with E-state index in [0.29, 0.717) is 5.89 Å². The molecule has 5 nitrogen and oxygen atoms in total. The Bertz CT molecular complexity index is 307. The van der Waals surface area contributed by atoms with Gasteiger partial charge in [0, 0.05) is 13.0 Å². The molecule has 5 heteroatoms. The first-order valence-electron chi connectivity index (χ1n) is 5.41. The van der Waals surface area contributed by atoms with Gasteiger partial charge in [-0.2, -0.15) is 4.98 Å². The normalized spacial score (nSPS) is 23.2. The molecule has 1 N–H and O–H groups in total. The number of nitrogens with zero attached hydrogens (tertiary/aromatic N) is 2. The minimum absolute atomic E-state index is 0.107. The maximum Gasteiger partial charge on any atom is 0.243 e. The Morgan fingerprint density at radius 2 is 2.47 bits per heavy atom. The molecule has 2 heterocycles. The van der Waals surface area contributed by atoms with Crippen molar-refractivity contribution in [1.82, 2.24) is 15.5 Å². The van der Waals surface area contributed by atoms with Gasteiger partial charge in [-0.05, 0) is 26.8 Å². The second-order valence-electron chi connectivity index (χ2n) is 3.90. The first kappa shape index (κ1) is 10.6. The lowest BCUT2D eigenvalue weighted by Crippen LogP contribution is -2.13. The predicted molar refractivity (Wildman–Crippen MR) is 54.5 cm³/mol. The lowest BCUT2D eigenvalue weighted by Gasteiger charge is -2.04. The molecule has 2 atom stereocenters. The molecule has 0 aromatic carbocycles. The van der Waals surface area contributed by atoms with Crippen LogP contribution in [-0.2, 0) is 11.2 Å². The van der Waals surface area contributed by atoms with Crippen LogP contribution in [0.4, 0.5) is 0 Å². The van der Waals surface area contributed by atoms with Crippen molar-refractivity contribution < 1.29 is 9.26 Å². The fourth-order valence-corrected chi connectivity index (χ4v) is 1.66. The molecule has 1 aliphatic rings. The number of hydrogen-bond acceptors (Lipinski definition) is 5. The Morgan fingerprint density at radius 1 is 1.60 bits per heavy atom. The third-order valence-corrected chi connectivity index (χ3v) is 2.72.